The molecule has 126 valence electrons. The van der Waals surface area contributed by atoms with Crippen molar-refractivity contribution < 1.29 is 9.53 Å². The molecule has 1 aliphatic rings. The zero-order valence-corrected chi connectivity index (χ0v) is 14.2. The minimum Gasteiger partial charge on any atom is -0.480 e. The minimum atomic E-state index is -0.146. The lowest BCUT2D eigenvalue weighted by atomic mass is 10.2. The summed E-state index contributed by atoms with van der Waals surface area (Å²) in [5, 5.41) is 3.57. The average molecular weight is 347 g/mol. The molecule has 24 heavy (non-hydrogen) atoms. The molecule has 2 heterocycles. The molecule has 0 aliphatic carbocycles. The maximum absolute atomic E-state index is 12.4. The molecule has 0 radical (unpaired) electrons. The van der Waals surface area contributed by atoms with Crippen LogP contribution in [-0.2, 0) is 0 Å². The summed E-state index contributed by atoms with van der Waals surface area (Å²) < 4.78 is 5.15. The van der Waals surface area contributed by atoms with E-state index in [0.29, 0.717) is 24.7 Å². The van der Waals surface area contributed by atoms with Crippen molar-refractivity contribution in [1.82, 2.24) is 9.88 Å². The Bertz CT molecular complexity index is 717. The molecule has 0 saturated carbocycles. The highest BCUT2D eigenvalue weighted by Crippen LogP contribution is 2.22. The molecule has 3 rings (SSSR count). The van der Waals surface area contributed by atoms with Gasteiger partial charge in [0.25, 0.3) is 0 Å². The topological polar surface area (TPSA) is 57.7 Å². The van der Waals surface area contributed by atoms with Gasteiger partial charge in [0.1, 0.15) is 5.69 Å². The van der Waals surface area contributed by atoms with Crippen LogP contribution in [0.5, 0.6) is 5.88 Å². The molecule has 2 aromatic rings. The number of methoxy groups -OCH3 is 1. The Kier molecular flexibility index (Phi) is 5.05. The Morgan fingerprint density at radius 1 is 1.21 bits per heavy atom. The van der Waals surface area contributed by atoms with Crippen LogP contribution in [0, 0.1) is 0 Å². The van der Waals surface area contributed by atoms with Crippen molar-refractivity contribution in [2.45, 2.75) is 0 Å². The van der Waals surface area contributed by atoms with E-state index in [1.165, 1.54) is 7.11 Å². The zero-order chi connectivity index (χ0) is 16.9. The number of piperazine rings is 1. The highest BCUT2D eigenvalue weighted by Gasteiger charge is 2.22. The van der Waals surface area contributed by atoms with Crippen LogP contribution >= 0.6 is 11.6 Å². The van der Waals surface area contributed by atoms with Crippen LogP contribution in [0.2, 0.25) is 5.02 Å². The molecule has 0 atom stereocenters. The summed E-state index contributed by atoms with van der Waals surface area (Å²) in [5.74, 6) is 0.406. The van der Waals surface area contributed by atoms with E-state index in [1.54, 1.807) is 23.2 Å². The van der Waals surface area contributed by atoms with Gasteiger partial charge in [0.05, 0.1) is 7.11 Å². The first-order chi connectivity index (χ1) is 11.7. The van der Waals surface area contributed by atoms with Crippen LogP contribution in [0.4, 0.5) is 16.2 Å². The van der Waals surface area contributed by atoms with Crippen molar-refractivity contribution in [3.63, 3.8) is 0 Å². The van der Waals surface area contributed by atoms with E-state index in [1.807, 2.05) is 24.3 Å². The van der Waals surface area contributed by atoms with Gasteiger partial charge in [-0.1, -0.05) is 17.7 Å². The maximum atomic E-state index is 12.4. The van der Waals surface area contributed by atoms with Crippen molar-refractivity contribution in [1.29, 1.82) is 0 Å². The molecule has 0 unspecified atom stereocenters. The van der Waals surface area contributed by atoms with Crippen molar-refractivity contribution in [3.8, 4) is 5.88 Å². The molecule has 1 aromatic heterocycles. The number of urea groups is 1. The van der Waals surface area contributed by atoms with Crippen molar-refractivity contribution in [2.24, 2.45) is 0 Å². The fourth-order valence-corrected chi connectivity index (χ4v) is 2.87. The van der Waals surface area contributed by atoms with Gasteiger partial charge in [-0.2, -0.15) is 0 Å². The second-order valence-corrected chi connectivity index (χ2v) is 5.88. The van der Waals surface area contributed by atoms with Gasteiger partial charge in [0.2, 0.25) is 5.88 Å². The van der Waals surface area contributed by atoms with Crippen LogP contribution in [0.25, 0.3) is 0 Å². The Hall–Kier alpha value is -2.47. The number of hydrogen-bond donors (Lipinski definition) is 1. The molecule has 2 amide bonds. The number of amides is 2. The molecule has 0 bridgehead atoms. The normalized spacial score (nSPS) is 14.4. The molecule has 1 fully saturated rings. The number of carbonyl (C=O) groups excluding carboxylic acids is 1. The first-order valence-electron chi connectivity index (χ1n) is 7.73. The predicted molar refractivity (Wildman–Crippen MR) is 95.0 cm³/mol. The molecule has 6 nitrogen and oxygen atoms in total. The van der Waals surface area contributed by atoms with Gasteiger partial charge in [-0.05, 0) is 30.3 Å². The lowest BCUT2D eigenvalue weighted by Crippen LogP contribution is -2.50. The Balaban J connectivity index is 1.59. The van der Waals surface area contributed by atoms with Gasteiger partial charge >= 0.3 is 6.03 Å². The lowest BCUT2D eigenvalue weighted by Gasteiger charge is -2.36. The van der Waals surface area contributed by atoms with Crippen LogP contribution < -0.4 is 15.0 Å². The Morgan fingerprint density at radius 3 is 2.71 bits per heavy atom. The first kappa shape index (κ1) is 16.4. The number of aromatic nitrogens is 1. The number of nitrogens with one attached hydrogen (secondary N) is 1. The van der Waals surface area contributed by atoms with Crippen molar-refractivity contribution in [3.05, 3.63) is 47.6 Å². The second-order valence-electron chi connectivity index (χ2n) is 5.44. The van der Waals surface area contributed by atoms with Gasteiger partial charge < -0.3 is 19.9 Å². The summed E-state index contributed by atoms with van der Waals surface area (Å²) in [6, 6.07) is 11.1. The molecular formula is C17H19ClN4O2. The molecular weight excluding hydrogens is 328 g/mol. The highest BCUT2D eigenvalue weighted by atomic mass is 35.5. The van der Waals surface area contributed by atoms with Crippen molar-refractivity contribution in [2.75, 3.05) is 43.5 Å². The fraction of sp³-hybridized carbons (Fsp3) is 0.294. The van der Waals surface area contributed by atoms with Crippen LogP contribution in [0.15, 0.2) is 42.6 Å². The number of carbonyl (C=O) groups is 1. The predicted octanol–water partition coefficient (Wildman–Crippen LogP) is 3.10. The summed E-state index contributed by atoms with van der Waals surface area (Å²) in [7, 11) is 1.53. The van der Waals surface area contributed by atoms with E-state index < -0.39 is 0 Å². The molecule has 7 heteroatoms. The summed E-state index contributed by atoms with van der Waals surface area (Å²) in [6.07, 6.45) is 1.62. The number of hydrogen-bond acceptors (Lipinski definition) is 4. The number of anilines is 2. The third-order valence-electron chi connectivity index (χ3n) is 3.95. The summed E-state index contributed by atoms with van der Waals surface area (Å²) >= 11 is 6.04. The summed E-state index contributed by atoms with van der Waals surface area (Å²) in [4.78, 5) is 20.5. The van der Waals surface area contributed by atoms with Gasteiger partial charge in [-0.25, -0.2) is 9.78 Å². The summed E-state index contributed by atoms with van der Waals surface area (Å²) in [6.45, 7) is 2.80. The van der Waals surface area contributed by atoms with Gasteiger partial charge in [-0.3, -0.25) is 0 Å². The molecule has 1 aromatic carbocycles. The molecule has 1 N–H and O–H groups in total. The lowest BCUT2D eigenvalue weighted by molar-refractivity contribution is 0.208. The van der Waals surface area contributed by atoms with Gasteiger partial charge in [0, 0.05) is 43.1 Å². The quantitative estimate of drug-likeness (QED) is 0.927. The monoisotopic (exact) mass is 346 g/mol. The van der Waals surface area contributed by atoms with E-state index in [9.17, 15) is 4.79 Å². The number of benzene rings is 1. The molecule has 1 saturated heterocycles. The van der Waals surface area contributed by atoms with Crippen LogP contribution in [-0.4, -0.2) is 49.2 Å². The number of halogens is 1. The number of nitrogens with zero attached hydrogens (tertiary/aromatic N) is 3. The number of rotatable bonds is 3. The van der Waals surface area contributed by atoms with Gasteiger partial charge in [0.15, 0.2) is 0 Å². The molecule has 0 spiro atoms. The van der Waals surface area contributed by atoms with Crippen LogP contribution in [0.3, 0.4) is 0 Å². The smallest absolute Gasteiger partial charge is 0.322 e. The van der Waals surface area contributed by atoms with E-state index >= 15 is 0 Å². The van der Waals surface area contributed by atoms with Crippen LogP contribution in [0.1, 0.15) is 0 Å². The van der Waals surface area contributed by atoms with Crippen molar-refractivity contribution >= 4 is 29.0 Å². The average Bonchev–Trinajstić information content (AvgIpc) is 2.62. The maximum Gasteiger partial charge on any atom is 0.322 e. The largest absolute Gasteiger partial charge is 0.480 e. The molecule has 1 aliphatic heterocycles. The SMILES string of the molecule is COc1ncccc1NC(=O)N1CCN(c2cccc(Cl)c2)CC1. The fourth-order valence-electron chi connectivity index (χ4n) is 2.68. The van der Waals surface area contributed by atoms with E-state index in [0.717, 1.165) is 23.8 Å². The Morgan fingerprint density at radius 2 is 2.00 bits per heavy atom. The third kappa shape index (κ3) is 3.71. The third-order valence-corrected chi connectivity index (χ3v) is 4.18. The minimum absolute atomic E-state index is 0.146. The Labute approximate surface area is 146 Å². The standard InChI is InChI=1S/C17H19ClN4O2/c1-24-16-15(6-3-7-19-16)20-17(23)22-10-8-21(9-11-22)14-5-2-4-13(18)12-14/h2-7,12H,8-11H2,1H3,(H,20,23). The number of pyridine rings is 1. The van der Waals surface area contributed by atoms with E-state index in [2.05, 4.69) is 15.2 Å². The van der Waals surface area contributed by atoms with Gasteiger partial charge in [-0.15, -0.1) is 0 Å². The number of ether oxygens (including phenoxy) is 1. The second kappa shape index (κ2) is 7.40. The summed E-state index contributed by atoms with van der Waals surface area (Å²) in [5.41, 5.74) is 1.65. The highest BCUT2D eigenvalue weighted by molar-refractivity contribution is 6.30. The first-order valence-corrected chi connectivity index (χ1v) is 8.10. The van der Waals surface area contributed by atoms with E-state index in [4.69, 9.17) is 16.3 Å². The zero-order valence-electron chi connectivity index (χ0n) is 13.4. The van der Waals surface area contributed by atoms with E-state index in [-0.39, 0.29) is 6.03 Å².